The van der Waals surface area contributed by atoms with E-state index < -0.39 is 0 Å². The van der Waals surface area contributed by atoms with Gasteiger partial charge < -0.3 is 4.90 Å². The smallest absolute Gasteiger partial charge is 0.256 e. The van der Waals surface area contributed by atoms with Crippen LogP contribution >= 0.6 is 0 Å². The average Bonchev–Trinajstić information content (AvgIpc) is 3.15. The lowest BCUT2D eigenvalue weighted by Crippen LogP contribution is -2.38. The predicted octanol–water partition coefficient (Wildman–Crippen LogP) is 3.33. The summed E-state index contributed by atoms with van der Waals surface area (Å²) in [5, 5.41) is 8.05. The van der Waals surface area contributed by atoms with Crippen molar-refractivity contribution >= 4 is 16.8 Å². The zero-order chi connectivity index (χ0) is 15.6. The number of carbonyl (C=O) groups is 1. The van der Waals surface area contributed by atoms with Gasteiger partial charge in [-0.25, -0.2) is 0 Å². The van der Waals surface area contributed by atoms with E-state index in [1.54, 1.807) is 12.4 Å². The van der Waals surface area contributed by atoms with Crippen LogP contribution in [0.15, 0.2) is 48.8 Å². The van der Waals surface area contributed by atoms with Crippen molar-refractivity contribution in [3.8, 4) is 0 Å². The molecule has 5 nitrogen and oxygen atoms in total. The summed E-state index contributed by atoms with van der Waals surface area (Å²) in [5.41, 5.74) is 2.45. The number of aromatic nitrogens is 3. The molecule has 4 rings (SSSR count). The van der Waals surface area contributed by atoms with Crippen LogP contribution in [0.3, 0.4) is 0 Å². The number of hydrogen-bond acceptors (Lipinski definition) is 3. The monoisotopic (exact) mass is 306 g/mol. The summed E-state index contributed by atoms with van der Waals surface area (Å²) >= 11 is 0. The quantitative estimate of drug-likeness (QED) is 0.790. The average molecular weight is 306 g/mol. The van der Waals surface area contributed by atoms with Crippen LogP contribution < -0.4 is 0 Å². The summed E-state index contributed by atoms with van der Waals surface area (Å²) in [4.78, 5) is 19.5. The first-order chi connectivity index (χ1) is 11.3. The molecule has 0 aliphatic carbocycles. The number of amides is 1. The zero-order valence-corrected chi connectivity index (χ0v) is 12.8. The normalized spacial score (nSPS) is 18.3. The molecule has 1 saturated heterocycles. The summed E-state index contributed by atoms with van der Waals surface area (Å²) in [7, 11) is 0. The van der Waals surface area contributed by atoms with Crippen LogP contribution in [0.25, 0.3) is 10.9 Å². The molecule has 1 atom stereocenters. The number of rotatable bonds is 2. The molecular formula is C18H18N4O. The molecule has 0 spiro atoms. The minimum Gasteiger partial charge on any atom is -0.330 e. The molecule has 3 heterocycles. The molecule has 5 heteroatoms. The maximum atomic E-state index is 13.2. The van der Waals surface area contributed by atoms with Crippen molar-refractivity contribution in [1.82, 2.24) is 20.1 Å². The number of para-hydroxylation sites is 1. The molecule has 23 heavy (non-hydrogen) atoms. The van der Waals surface area contributed by atoms with E-state index in [1.807, 2.05) is 41.3 Å². The number of nitrogens with zero attached hydrogens (tertiary/aromatic N) is 3. The van der Waals surface area contributed by atoms with Gasteiger partial charge in [0.25, 0.3) is 5.91 Å². The minimum atomic E-state index is 0.0496. The topological polar surface area (TPSA) is 61.9 Å². The molecule has 1 fully saturated rings. The van der Waals surface area contributed by atoms with Gasteiger partial charge >= 0.3 is 0 Å². The highest BCUT2D eigenvalue weighted by Gasteiger charge is 2.30. The fraction of sp³-hybridized carbons (Fsp3) is 0.278. The van der Waals surface area contributed by atoms with Crippen molar-refractivity contribution in [2.24, 2.45) is 0 Å². The maximum absolute atomic E-state index is 13.2. The van der Waals surface area contributed by atoms with Gasteiger partial charge in [0.1, 0.15) is 0 Å². The summed E-state index contributed by atoms with van der Waals surface area (Å²) in [6.07, 6.45) is 6.61. The lowest BCUT2D eigenvalue weighted by Gasteiger charge is -2.35. The van der Waals surface area contributed by atoms with Crippen LogP contribution in [0.4, 0.5) is 0 Å². The van der Waals surface area contributed by atoms with Crippen LogP contribution in [0, 0.1) is 0 Å². The first-order valence-corrected chi connectivity index (χ1v) is 7.98. The second kappa shape index (κ2) is 5.83. The van der Waals surface area contributed by atoms with Gasteiger partial charge in [-0.05, 0) is 37.5 Å². The molecule has 1 aromatic carbocycles. The Morgan fingerprint density at radius 2 is 2.04 bits per heavy atom. The van der Waals surface area contributed by atoms with Crippen LogP contribution in [0.5, 0.6) is 0 Å². The van der Waals surface area contributed by atoms with Gasteiger partial charge in [0, 0.05) is 24.3 Å². The first-order valence-electron chi connectivity index (χ1n) is 7.98. The van der Waals surface area contributed by atoms with E-state index in [0.29, 0.717) is 5.56 Å². The number of pyridine rings is 1. The number of piperidine rings is 1. The Morgan fingerprint density at radius 1 is 1.13 bits per heavy atom. The van der Waals surface area contributed by atoms with E-state index in [4.69, 9.17) is 0 Å². The third-order valence-corrected chi connectivity index (χ3v) is 4.51. The van der Waals surface area contributed by atoms with E-state index in [2.05, 4.69) is 15.2 Å². The van der Waals surface area contributed by atoms with Crippen molar-refractivity contribution < 1.29 is 4.79 Å². The van der Waals surface area contributed by atoms with Crippen molar-refractivity contribution in [2.45, 2.75) is 25.3 Å². The van der Waals surface area contributed by atoms with Gasteiger partial charge in [-0.2, -0.15) is 5.10 Å². The molecule has 116 valence electrons. The summed E-state index contributed by atoms with van der Waals surface area (Å²) in [6, 6.07) is 11.7. The van der Waals surface area contributed by atoms with Crippen molar-refractivity contribution in [2.75, 3.05) is 6.54 Å². The molecule has 1 aliphatic rings. The summed E-state index contributed by atoms with van der Waals surface area (Å²) in [6.45, 7) is 0.770. The van der Waals surface area contributed by atoms with Crippen LogP contribution in [-0.2, 0) is 0 Å². The van der Waals surface area contributed by atoms with Crippen molar-refractivity contribution in [3.63, 3.8) is 0 Å². The van der Waals surface area contributed by atoms with E-state index in [1.165, 1.54) is 0 Å². The second-order valence-electron chi connectivity index (χ2n) is 5.90. The third kappa shape index (κ3) is 2.48. The number of aromatic amines is 1. The van der Waals surface area contributed by atoms with Gasteiger partial charge in [-0.3, -0.25) is 14.9 Å². The highest BCUT2D eigenvalue weighted by atomic mass is 16.2. The number of H-pyrrole nitrogens is 1. The fourth-order valence-corrected chi connectivity index (χ4v) is 3.38. The number of hydrogen-bond donors (Lipinski definition) is 1. The van der Waals surface area contributed by atoms with E-state index in [-0.39, 0.29) is 11.9 Å². The number of likely N-dealkylation sites (tertiary alicyclic amines) is 1. The zero-order valence-electron chi connectivity index (χ0n) is 12.8. The molecule has 0 saturated carbocycles. The van der Waals surface area contributed by atoms with Gasteiger partial charge in [0.2, 0.25) is 0 Å². The molecule has 2 aromatic heterocycles. The molecule has 1 amide bonds. The van der Waals surface area contributed by atoms with Crippen LogP contribution in [0.1, 0.15) is 41.4 Å². The van der Waals surface area contributed by atoms with E-state index >= 15 is 0 Å². The van der Waals surface area contributed by atoms with E-state index in [0.717, 1.165) is 42.4 Å². The molecular weight excluding hydrogens is 288 g/mol. The standard InChI is InChI=1S/C18H18N4O/c23-18(14-7-3-5-13-6-4-10-19-17(13)14)22-12-2-1-8-16(22)15-9-11-20-21-15/h3-7,9-11,16H,1-2,8,12H2,(H,20,21)/t16-/m1/s1. The largest absolute Gasteiger partial charge is 0.330 e. The molecule has 1 N–H and O–H groups in total. The number of nitrogens with one attached hydrogen (secondary N) is 1. The van der Waals surface area contributed by atoms with Crippen LogP contribution in [-0.4, -0.2) is 32.5 Å². The van der Waals surface area contributed by atoms with Gasteiger partial charge in [-0.15, -0.1) is 0 Å². The Morgan fingerprint density at radius 3 is 2.91 bits per heavy atom. The summed E-state index contributed by atoms with van der Waals surface area (Å²) in [5.74, 6) is 0.0496. The lowest BCUT2D eigenvalue weighted by atomic mass is 9.97. The Bertz CT molecular complexity index is 823. The Hall–Kier alpha value is -2.69. The van der Waals surface area contributed by atoms with Crippen LogP contribution in [0.2, 0.25) is 0 Å². The Labute approximate surface area is 134 Å². The Kier molecular flexibility index (Phi) is 3.54. The van der Waals surface area contributed by atoms with Crippen molar-refractivity contribution in [3.05, 3.63) is 60.0 Å². The predicted molar refractivity (Wildman–Crippen MR) is 88.0 cm³/mol. The number of carbonyl (C=O) groups excluding carboxylic acids is 1. The SMILES string of the molecule is O=C(c1cccc2cccnc12)N1CCCC[C@@H]1c1ccn[nH]1. The molecule has 1 aliphatic heterocycles. The molecule has 0 unspecified atom stereocenters. The minimum absolute atomic E-state index is 0.0496. The molecule has 0 radical (unpaired) electrons. The highest BCUT2D eigenvalue weighted by molar-refractivity contribution is 6.05. The highest BCUT2D eigenvalue weighted by Crippen LogP contribution is 2.31. The number of benzene rings is 1. The second-order valence-corrected chi connectivity index (χ2v) is 5.90. The fourth-order valence-electron chi connectivity index (χ4n) is 3.38. The van der Waals surface area contributed by atoms with Gasteiger partial charge in [-0.1, -0.05) is 18.2 Å². The van der Waals surface area contributed by atoms with E-state index in [9.17, 15) is 4.79 Å². The van der Waals surface area contributed by atoms with Crippen molar-refractivity contribution in [1.29, 1.82) is 0 Å². The summed E-state index contributed by atoms with van der Waals surface area (Å²) < 4.78 is 0. The molecule has 3 aromatic rings. The Balaban J connectivity index is 1.74. The number of fused-ring (bicyclic) bond motifs is 1. The maximum Gasteiger partial charge on any atom is 0.256 e. The van der Waals surface area contributed by atoms with Gasteiger partial charge in [0.15, 0.2) is 0 Å². The van der Waals surface area contributed by atoms with Gasteiger partial charge in [0.05, 0.1) is 22.8 Å². The third-order valence-electron chi connectivity index (χ3n) is 4.51. The lowest BCUT2D eigenvalue weighted by molar-refractivity contribution is 0.0608. The molecule has 0 bridgehead atoms. The first kappa shape index (κ1) is 13.9.